The van der Waals surface area contributed by atoms with Crippen LogP contribution in [0.4, 0.5) is 0 Å². The van der Waals surface area contributed by atoms with E-state index < -0.39 is 9.84 Å². The van der Waals surface area contributed by atoms with Crippen LogP contribution < -0.4 is 10.1 Å². The lowest BCUT2D eigenvalue weighted by molar-refractivity contribution is -0.120. The zero-order chi connectivity index (χ0) is 14.3. The number of sulfone groups is 1. The second-order valence-corrected chi connectivity index (χ2v) is 6.59. The average molecular weight is 285 g/mol. The zero-order valence-corrected chi connectivity index (χ0v) is 12.0. The summed E-state index contributed by atoms with van der Waals surface area (Å²) in [6.45, 7) is 0.482. The molecule has 0 aromatic heterocycles. The van der Waals surface area contributed by atoms with Gasteiger partial charge in [-0.1, -0.05) is 12.1 Å². The molecule has 0 aliphatic rings. The second-order valence-electron chi connectivity index (χ2n) is 4.33. The first-order valence-electron chi connectivity index (χ1n) is 5.98. The SMILES string of the molecule is COc1cccc(CCNC(=O)CCS(C)(=O)=O)c1. The van der Waals surface area contributed by atoms with Gasteiger partial charge in [0.15, 0.2) is 0 Å². The van der Waals surface area contributed by atoms with E-state index in [1.807, 2.05) is 24.3 Å². The van der Waals surface area contributed by atoms with Gasteiger partial charge in [-0.2, -0.15) is 0 Å². The average Bonchev–Trinajstić information content (AvgIpc) is 2.36. The quantitative estimate of drug-likeness (QED) is 0.804. The van der Waals surface area contributed by atoms with Crippen molar-refractivity contribution in [2.75, 3.05) is 25.7 Å². The summed E-state index contributed by atoms with van der Waals surface area (Å²) in [5.74, 6) is 0.423. The fraction of sp³-hybridized carbons (Fsp3) is 0.462. The van der Waals surface area contributed by atoms with Gasteiger partial charge in [0.25, 0.3) is 0 Å². The zero-order valence-electron chi connectivity index (χ0n) is 11.2. The Hall–Kier alpha value is -1.56. The van der Waals surface area contributed by atoms with Crippen LogP contribution in [0.2, 0.25) is 0 Å². The highest BCUT2D eigenvalue weighted by molar-refractivity contribution is 7.90. The molecule has 1 N–H and O–H groups in total. The van der Waals surface area contributed by atoms with Gasteiger partial charge in [-0.25, -0.2) is 8.42 Å². The Morgan fingerprint density at radius 2 is 2.11 bits per heavy atom. The number of ether oxygens (including phenoxy) is 1. The molecule has 106 valence electrons. The van der Waals surface area contributed by atoms with Crippen molar-refractivity contribution in [3.05, 3.63) is 29.8 Å². The van der Waals surface area contributed by atoms with Crippen molar-refractivity contribution >= 4 is 15.7 Å². The molecule has 1 amide bonds. The van der Waals surface area contributed by atoms with Crippen LogP contribution in [0.25, 0.3) is 0 Å². The molecule has 0 saturated heterocycles. The molecule has 0 radical (unpaired) electrons. The maximum absolute atomic E-state index is 11.4. The van der Waals surface area contributed by atoms with E-state index in [-0.39, 0.29) is 18.1 Å². The Balaban J connectivity index is 2.31. The highest BCUT2D eigenvalue weighted by Crippen LogP contribution is 2.12. The van der Waals surface area contributed by atoms with E-state index >= 15 is 0 Å². The summed E-state index contributed by atoms with van der Waals surface area (Å²) in [4.78, 5) is 11.4. The van der Waals surface area contributed by atoms with Gasteiger partial charge in [0.05, 0.1) is 12.9 Å². The molecule has 0 spiro atoms. The summed E-state index contributed by atoms with van der Waals surface area (Å²) in [6, 6.07) is 7.60. The molecule has 19 heavy (non-hydrogen) atoms. The molecular formula is C13H19NO4S. The van der Waals surface area contributed by atoms with Gasteiger partial charge in [-0.15, -0.1) is 0 Å². The van der Waals surface area contributed by atoms with Crippen LogP contribution in [-0.4, -0.2) is 40.0 Å². The molecule has 1 aromatic rings. The largest absolute Gasteiger partial charge is 0.497 e. The van der Waals surface area contributed by atoms with Crippen LogP contribution in [0.3, 0.4) is 0 Å². The number of carbonyl (C=O) groups excluding carboxylic acids is 1. The predicted octanol–water partition coefficient (Wildman–Crippen LogP) is 0.789. The summed E-state index contributed by atoms with van der Waals surface area (Å²) in [7, 11) is -1.48. The van der Waals surface area contributed by atoms with Gasteiger partial charge in [0, 0.05) is 19.2 Å². The van der Waals surface area contributed by atoms with Crippen LogP contribution in [0, 0.1) is 0 Å². The van der Waals surface area contributed by atoms with Gasteiger partial charge in [-0.05, 0) is 24.1 Å². The van der Waals surface area contributed by atoms with Crippen molar-refractivity contribution in [3.8, 4) is 5.75 Å². The van der Waals surface area contributed by atoms with Crippen LogP contribution in [0.1, 0.15) is 12.0 Å². The lowest BCUT2D eigenvalue weighted by atomic mass is 10.1. The Morgan fingerprint density at radius 1 is 1.37 bits per heavy atom. The molecule has 0 heterocycles. The first-order valence-corrected chi connectivity index (χ1v) is 8.04. The predicted molar refractivity (Wildman–Crippen MR) is 74.0 cm³/mol. The standard InChI is InChI=1S/C13H19NO4S/c1-18-12-5-3-4-11(10-12)6-8-14-13(15)7-9-19(2,16)17/h3-5,10H,6-9H2,1-2H3,(H,14,15). The third-order valence-corrected chi connectivity index (χ3v) is 3.52. The Kier molecular flexibility index (Phi) is 5.82. The smallest absolute Gasteiger partial charge is 0.221 e. The summed E-state index contributed by atoms with van der Waals surface area (Å²) in [5, 5.41) is 2.70. The van der Waals surface area contributed by atoms with E-state index in [1.54, 1.807) is 7.11 Å². The van der Waals surface area contributed by atoms with Gasteiger partial charge in [-0.3, -0.25) is 4.79 Å². The number of hydrogen-bond donors (Lipinski definition) is 1. The number of amides is 1. The molecule has 0 atom stereocenters. The minimum atomic E-state index is -3.08. The summed E-state index contributed by atoms with van der Waals surface area (Å²) in [5.41, 5.74) is 1.06. The highest BCUT2D eigenvalue weighted by atomic mass is 32.2. The summed E-state index contributed by atoms with van der Waals surface area (Å²) in [6.07, 6.45) is 1.81. The molecular weight excluding hydrogens is 266 g/mol. The number of carbonyl (C=O) groups is 1. The van der Waals surface area contributed by atoms with Crippen molar-refractivity contribution in [1.82, 2.24) is 5.32 Å². The highest BCUT2D eigenvalue weighted by Gasteiger charge is 2.07. The lowest BCUT2D eigenvalue weighted by Gasteiger charge is -2.06. The molecule has 0 aliphatic heterocycles. The monoisotopic (exact) mass is 285 g/mol. The molecule has 5 nitrogen and oxygen atoms in total. The fourth-order valence-corrected chi connectivity index (χ4v) is 2.10. The molecule has 0 fully saturated rings. The summed E-state index contributed by atoms with van der Waals surface area (Å²) < 4.78 is 26.9. The second kappa shape index (κ2) is 7.13. The minimum Gasteiger partial charge on any atom is -0.497 e. The number of nitrogens with one attached hydrogen (secondary N) is 1. The lowest BCUT2D eigenvalue weighted by Crippen LogP contribution is -2.27. The Morgan fingerprint density at radius 3 is 2.74 bits per heavy atom. The van der Waals surface area contributed by atoms with Crippen LogP contribution in [0.15, 0.2) is 24.3 Å². The van der Waals surface area contributed by atoms with Crippen molar-refractivity contribution in [2.24, 2.45) is 0 Å². The normalized spacial score (nSPS) is 11.1. The van der Waals surface area contributed by atoms with E-state index in [9.17, 15) is 13.2 Å². The molecule has 0 aliphatic carbocycles. The van der Waals surface area contributed by atoms with Crippen LogP contribution in [-0.2, 0) is 21.1 Å². The van der Waals surface area contributed by atoms with E-state index in [0.717, 1.165) is 17.6 Å². The molecule has 1 rings (SSSR count). The van der Waals surface area contributed by atoms with Gasteiger partial charge < -0.3 is 10.1 Å². The molecule has 1 aromatic carbocycles. The molecule has 6 heteroatoms. The molecule has 0 bridgehead atoms. The number of methoxy groups -OCH3 is 1. The first kappa shape index (κ1) is 15.5. The van der Waals surface area contributed by atoms with Gasteiger partial charge >= 0.3 is 0 Å². The Labute approximate surface area is 113 Å². The Bertz CT molecular complexity index is 525. The maximum Gasteiger partial charge on any atom is 0.221 e. The number of rotatable bonds is 7. The third kappa shape index (κ3) is 6.81. The van der Waals surface area contributed by atoms with E-state index in [4.69, 9.17) is 4.74 Å². The minimum absolute atomic E-state index is 0.0109. The van der Waals surface area contributed by atoms with E-state index in [0.29, 0.717) is 13.0 Å². The summed E-state index contributed by atoms with van der Waals surface area (Å²) >= 11 is 0. The van der Waals surface area contributed by atoms with Crippen LogP contribution >= 0.6 is 0 Å². The van der Waals surface area contributed by atoms with Gasteiger partial charge in [0.1, 0.15) is 15.6 Å². The van der Waals surface area contributed by atoms with Crippen molar-refractivity contribution in [3.63, 3.8) is 0 Å². The van der Waals surface area contributed by atoms with Gasteiger partial charge in [0.2, 0.25) is 5.91 Å². The topological polar surface area (TPSA) is 72.5 Å². The maximum atomic E-state index is 11.4. The van der Waals surface area contributed by atoms with Crippen molar-refractivity contribution in [2.45, 2.75) is 12.8 Å². The fourth-order valence-electron chi connectivity index (χ4n) is 1.54. The van der Waals surface area contributed by atoms with E-state index in [2.05, 4.69) is 5.32 Å². The first-order chi connectivity index (χ1) is 8.90. The number of benzene rings is 1. The molecule has 0 saturated carbocycles. The van der Waals surface area contributed by atoms with Crippen LogP contribution in [0.5, 0.6) is 5.75 Å². The molecule has 0 unspecified atom stereocenters. The van der Waals surface area contributed by atoms with E-state index in [1.165, 1.54) is 0 Å². The number of hydrogen-bond acceptors (Lipinski definition) is 4. The van der Waals surface area contributed by atoms with Crippen molar-refractivity contribution < 1.29 is 17.9 Å². The third-order valence-electron chi connectivity index (χ3n) is 2.57. The van der Waals surface area contributed by atoms with Crippen molar-refractivity contribution in [1.29, 1.82) is 0 Å².